The van der Waals surface area contributed by atoms with E-state index in [0.717, 1.165) is 22.3 Å². The summed E-state index contributed by atoms with van der Waals surface area (Å²) in [6.07, 6.45) is 7.07. The maximum atomic E-state index is 11.8. The first-order chi connectivity index (χ1) is 14.0. The summed E-state index contributed by atoms with van der Waals surface area (Å²) in [5, 5.41) is 8.93. The monoisotopic (exact) mass is 411 g/mol. The molecule has 10 heteroatoms. The van der Waals surface area contributed by atoms with Gasteiger partial charge in [0.15, 0.2) is 11.5 Å². The molecule has 1 fully saturated rings. The normalized spacial score (nSPS) is 14.5. The molecule has 0 bridgehead atoms. The topological polar surface area (TPSA) is 149 Å². The van der Waals surface area contributed by atoms with Crippen LogP contribution in [0.25, 0.3) is 10.2 Å². The number of hydrogen-bond acceptors (Lipinski definition) is 8. The summed E-state index contributed by atoms with van der Waals surface area (Å²) >= 11 is 1.47. The van der Waals surface area contributed by atoms with E-state index >= 15 is 0 Å². The van der Waals surface area contributed by atoms with Gasteiger partial charge >= 0.3 is 0 Å². The summed E-state index contributed by atoms with van der Waals surface area (Å²) in [4.78, 5) is 37.4. The number of anilines is 3. The molecular formula is C19H21N7O2S. The maximum Gasteiger partial charge on any atom is 0.271 e. The lowest BCUT2D eigenvalue weighted by molar-refractivity contribution is -0.118. The number of nitrogens with zero attached hydrogens (tertiary/aromatic N) is 3. The van der Waals surface area contributed by atoms with Gasteiger partial charge in [-0.3, -0.25) is 9.59 Å². The molecule has 3 aromatic heterocycles. The minimum atomic E-state index is -0.704. The molecule has 1 saturated carbocycles. The Hall–Kier alpha value is -3.27. The van der Waals surface area contributed by atoms with Crippen molar-refractivity contribution in [1.29, 1.82) is 0 Å². The quantitative estimate of drug-likeness (QED) is 0.422. The molecule has 1 aliphatic carbocycles. The molecule has 0 aromatic carbocycles. The van der Waals surface area contributed by atoms with Crippen molar-refractivity contribution in [2.75, 3.05) is 10.6 Å². The summed E-state index contributed by atoms with van der Waals surface area (Å²) in [6, 6.07) is 3.20. The summed E-state index contributed by atoms with van der Waals surface area (Å²) in [7, 11) is 0. The van der Waals surface area contributed by atoms with Crippen LogP contribution in [0.5, 0.6) is 0 Å². The van der Waals surface area contributed by atoms with Crippen LogP contribution < -0.4 is 22.1 Å². The fourth-order valence-electron chi connectivity index (χ4n) is 3.09. The van der Waals surface area contributed by atoms with Gasteiger partial charge in [0.2, 0.25) is 5.91 Å². The van der Waals surface area contributed by atoms with Crippen molar-refractivity contribution in [2.45, 2.75) is 31.7 Å². The molecule has 3 heterocycles. The number of nitrogens with one attached hydrogen (secondary N) is 2. The zero-order chi connectivity index (χ0) is 20.4. The van der Waals surface area contributed by atoms with Gasteiger partial charge in [-0.15, -0.1) is 11.3 Å². The van der Waals surface area contributed by atoms with Gasteiger partial charge in [0.25, 0.3) is 5.91 Å². The van der Waals surface area contributed by atoms with Crippen molar-refractivity contribution < 1.29 is 9.59 Å². The van der Waals surface area contributed by atoms with Crippen LogP contribution in [0.4, 0.5) is 17.3 Å². The number of fused-ring (bicyclic) bond motifs is 1. The van der Waals surface area contributed by atoms with Gasteiger partial charge in [-0.25, -0.2) is 15.0 Å². The number of rotatable bonds is 9. The van der Waals surface area contributed by atoms with E-state index in [1.54, 1.807) is 6.20 Å². The molecule has 0 spiro atoms. The van der Waals surface area contributed by atoms with Gasteiger partial charge in [-0.1, -0.05) is 12.8 Å². The molecular weight excluding hydrogens is 390 g/mol. The number of amides is 2. The number of thiophene rings is 1. The van der Waals surface area contributed by atoms with Gasteiger partial charge in [-0.2, -0.15) is 0 Å². The molecule has 4 rings (SSSR count). The second-order valence-electron chi connectivity index (χ2n) is 7.07. The van der Waals surface area contributed by atoms with Crippen LogP contribution in [0, 0.1) is 5.92 Å². The van der Waals surface area contributed by atoms with Crippen molar-refractivity contribution in [2.24, 2.45) is 17.4 Å². The number of pyridine rings is 1. The third-order valence-corrected chi connectivity index (χ3v) is 5.74. The van der Waals surface area contributed by atoms with Crippen molar-refractivity contribution in [3.63, 3.8) is 0 Å². The lowest BCUT2D eigenvalue weighted by Crippen LogP contribution is -2.36. The number of primary amides is 2. The van der Waals surface area contributed by atoms with Gasteiger partial charge in [-0.05, 0) is 30.9 Å². The minimum absolute atomic E-state index is 0.00685. The van der Waals surface area contributed by atoms with E-state index < -0.39 is 17.9 Å². The smallest absolute Gasteiger partial charge is 0.271 e. The Kier molecular flexibility index (Phi) is 5.26. The molecule has 3 aromatic rings. The molecule has 2 amide bonds. The number of aromatic nitrogens is 3. The number of carbonyl (C=O) groups excluding carboxylic acids is 2. The van der Waals surface area contributed by atoms with Crippen LogP contribution in [0.15, 0.2) is 29.9 Å². The Morgan fingerprint density at radius 3 is 2.83 bits per heavy atom. The molecule has 0 saturated heterocycles. The highest BCUT2D eigenvalue weighted by Crippen LogP contribution is 2.34. The predicted molar refractivity (Wildman–Crippen MR) is 112 cm³/mol. The third kappa shape index (κ3) is 4.43. The minimum Gasteiger partial charge on any atom is -0.368 e. The summed E-state index contributed by atoms with van der Waals surface area (Å²) in [6.45, 7) is 0. The van der Waals surface area contributed by atoms with Crippen molar-refractivity contribution in [3.8, 4) is 0 Å². The Balaban J connectivity index is 1.59. The van der Waals surface area contributed by atoms with Crippen molar-refractivity contribution in [1.82, 2.24) is 15.0 Å². The molecule has 1 atom stereocenters. The molecule has 0 radical (unpaired) electrons. The standard InChI is InChI=1S/C19H21N7O2S/c20-16(27)12(6-5-10-3-4-10)24-14-8-23-15(17(21)28)18(26-14)25-13-9-29-19-11(13)2-1-7-22-19/h1-2,7-10,12H,3-6H2,(H2,20,27)(H2,21,28)(H2,24,25,26). The van der Waals surface area contributed by atoms with Gasteiger partial charge in [0.05, 0.1) is 11.9 Å². The Morgan fingerprint density at radius 1 is 1.28 bits per heavy atom. The molecule has 29 heavy (non-hydrogen) atoms. The zero-order valence-corrected chi connectivity index (χ0v) is 16.4. The highest BCUT2D eigenvalue weighted by molar-refractivity contribution is 7.17. The van der Waals surface area contributed by atoms with Gasteiger partial charge in [0.1, 0.15) is 16.7 Å². The van der Waals surface area contributed by atoms with Crippen molar-refractivity contribution >= 4 is 50.7 Å². The summed E-state index contributed by atoms with van der Waals surface area (Å²) in [5.41, 5.74) is 11.7. The predicted octanol–water partition coefficient (Wildman–Crippen LogP) is 2.38. The molecule has 1 aliphatic rings. The lowest BCUT2D eigenvalue weighted by atomic mass is 10.1. The van der Waals surface area contributed by atoms with Gasteiger partial charge in [0, 0.05) is 17.0 Å². The van der Waals surface area contributed by atoms with Crippen LogP contribution in [-0.2, 0) is 4.79 Å². The first kappa shape index (κ1) is 19.1. The molecule has 9 nitrogen and oxygen atoms in total. The SMILES string of the molecule is NC(=O)c1ncc(NC(CCC2CC2)C(N)=O)nc1Nc1csc2ncccc12. The fourth-order valence-corrected chi connectivity index (χ4v) is 3.93. The van der Waals surface area contributed by atoms with E-state index in [1.165, 1.54) is 30.4 Å². The fraction of sp³-hybridized carbons (Fsp3) is 0.316. The molecule has 150 valence electrons. The number of nitrogens with two attached hydrogens (primary N) is 2. The van der Waals surface area contributed by atoms with Crippen LogP contribution in [0.3, 0.4) is 0 Å². The average Bonchev–Trinajstić information content (AvgIpc) is 3.45. The lowest BCUT2D eigenvalue weighted by Gasteiger charge is -2.17. The second-order valence-corrected chi connectivity index (χ2v) is 7.93. The zero-order valence-electron chi connectivity index (χ0n) is 15.6. The summed E-state index contributed by atoms with van der Waals surface area (Å²) in [5.74, 6) is 0.0751. The molecule has 6 N–H and O–H groups in total. The Morgan fingerprint density at radius 2 is 2.10 bits per heavy atom. The van der Waals surface area contributed by atoms with Crippen LogP contribution in [0.2, 0.25) is 0 Å². The maximum absolute atomic E-state index is 11.8. The van der Waals surface area contributed by atoms with E-state index in [4.69, 9.17) is 11.5 Å². The first-order valence-corrected chi connectivity index (χ1v) is 10.2. The summed E-state index contributed by atoms with van der Waals surface area (Å²) < 4.78 is 0. The molecule has 0 aliphatic heterocycles. The first-order valence-electron chi connectivity index (χ1n) is 9.33. The van der Waals surface area contributed by atoms with E-state index in [9.17, 15) is 9.59 Å². The Bertz CT molecular complexity index is 1060. The van der Waals surface area contributed by atoms with Crippen molar-refractivity contribution in [3.05, 3.63) is 35.6 Å². The van der Waals surface area contributed by atoms with E-state index in [-0.39, 0.29) is 11.5 Å². The largest absolute Gasteiger partial charge is 0.368 e. The molecule has 1 unspecified atom stereocenters. The Labute approximate surface area is 170 Å². The second kappa shape index (κ2) is 8.00. The van der Waals surface area contributed by atoms with Gasteiger partial charge < -0.3 is 22.1 Å². The highest BCUT2D eigenvalue weighted by atomic mass is 32.1. The number of hydrogen-bond donors (Lipinski definition) is 4. The number of carbonyl (C=O) groups is 2. The van der Waals surface area contributed by atoms with E-state index in [1.807, 2.05) is 17.5 Å². The average molecular weight is 411 g/mol. The van der Waals surface area contributed by atoms with E-state index in [0.29, 0.717) is 18.2 Å². The van der Waals surface area contributed by atoms with E-state index in [2.05, 4.69) is 25.6 Å². The third-order valence-electron chi connectivity index (χ3n) is 4.83. The highest BCUT2D eigenvalue weighted by Gasteiger charge is 2.25. The van der Waals surface area contributed by atoms with Crippen LogP contribution in [0.1, 0.15) is 36.2 Å². The van der Waals surface area contributed by atoms with Crippen LogP contribution in [-0.4, -0.2) is 32.8 Å². The van der Waals surface area contributed by atoms with Crippen LogP contribution >= 0.6 is 11.3 Å².